The first-order valence-electron chi connectivity index (χ1n) is 8.09. The minimum Gasteiger partial charge on any atom is -0.361 e. The highest BCUT2D eigenvalue weighted by Gasteiger charge is 2.22. The molecule has 1 atom stereocenters. The zero-order valence-corrected chi connectivity index (χ0v) is 14.9. The molecule has 0 bridgehead atoms. The van der Waals surface area contributed by atoms with E-state index in [9.17, 15) is 18.0 Å². The molecular formula is C16H23N3O5S. The molecule has 1 aromatic carbocycles. The summed E-state index contributed by atoms with van der Waals surface area (Å²) in [5.41, 5.74) is 0.896. The molecule has 1 fully saturated rings. The molecule has 0 spiro atoms. The van der Waals surface area contributed by atoms with Gasteiger partial charge >= 0.3 is 6.03 Å². The summed E-state index contributed by atoms with van der Waals surface area (Å²) in [5, 5.41) is 2.19. The highest BCUT2D eigenvalue weighted by atomic mass is 32.2. The second kappa shape index (κ2) is 8.93. The molecule has 2 N–H and O–H groups in total. The number of rotatable bonds is 9. The average molecular weight is 369 g/mol. The van der Waals surface area contributed by atoms with Crippen molar-refractivity contribution in [2.75, 3.05) is 25.6 Å². The Kier molecular flexibility index (Phi) is 6.91. The molecule has 9 heteroatoms. The molecule has 25 heavy (non-hydrogen) atoms. The number of imide groups is 1. The van der Waals surface area contributed by atoms with Gasteiger partial charge in [0.2, 0.25) is 15.9 Å². The lowest BCUT2D eigenvalue weighted by atomic mass is 10.1. The number of carbonyl (C=O) groups excluding carboxylic acids is 2. The maximum Gasteiger partial charge on any atom is 0.325 e. The predicted molar refractivity (Wildman–Crippen MR) is 92.1 cm³/mol. The molecule has 1 aliphatic heterocycles. The Balaban J connectivity index is 1.66. The highest BCUT2D eigenvalue weighted by Crippen LogP contribution is 2.12. The van der Waals surface area contributed by atoms with Gasteiger partial charge in [0.25, 0.3) is 0 Å². The lowest BCUT2D eigenvalue weighted by Crippen LogP contribution is -2.50. The number of carbonyl (C=O) groups is 2. The van der Waals surface area contributed by atoms with Crippen LogP contribution >= 0.6 is 0 Å². The number of sulfonamides is 1. The van der Waals surface area contributed by atoms with Crippen molar-refractivity contribution in [2.45, 2.75) is 25.8 Å². The fourth-order valence-electron chi connectivity index (χ4n) is 2.39. The quantitative estimate of drug-likeness (QED) is 0.631. The van der Waals surface area contributed by atoms with Crippen LogP contribution in [0.2, 0.25) is 0 Å². The Morgan fingerprint density at radius 3 is 2.68 bits per heavy atom. The monoisotopic (exact) mass is 369 g/mol. The number of hydrogen-bond acceptors (Lipinski definition) is 5. The number of hydrogen-bond donors (Lipinski definition) is 2. The van der Waals surface area contributed by atoms with Gasteiger partial charge in [-0.05, 0) is 18.9 Å². The zero-order chi connectivity index (χ0) is 18.3. The van der Waals surface area contributed by atoms with Crippen LogP contribution in [0.4, 0.5) is 4.79 Å². The van der Waals surface area contributed by atoms with Crippen molar-refractivity contribution in [1.29, 1.82) is 0 Å². The third kappa shape index (κ3) is 6.45. The van der Waals surface area contributed by atoms with Crippen LogP contribution in [0.1, 0.15) is 31.4 Å². The predicted octanol–water partition coefficient (Wildman–Crippen LogP) is 0.973. The van der Waals surface area contributed by atoms with Crippen LogP contribution in [-0.4, -0.2) is 50.9 Å². The van der Waals surface area contributed by atoms with Crippen LogP contribution < -0.4 is 10.0 Å². The molecule has 1 heterocycles. The van der Waals surface area contributed by atoms with Crippen molar-refractivity contribution in [3.8, 4) is 0 Å². The van der Waals surface area contributed by atoms with Crippen LogP contribution in [0.3, 0.4) is 0 Å². The second-order valence-corrected chi connectivity index (χ2v) is 7.70. The molecule has 0 aliphatic carbocycles. The van der Waals surface area contributed by atoms with Gasteiger partial charge in [-0.15, -0.1) is 0 Å². The summed E-state index contributed by atoms with van der Waals surface area (Å²) in [5.74, 6) is -0.361. The maximum absolute atomic E-state index is 12.1. The largest absolute Gasteiger partial charge is 0.361 e. The van der Waals surface area contributed by atoms with E-state index in [1.54, 1.807) is 6.92 Å². The Morgan fingerprint density at radius 1 is 1.28 bits per heavy atom. The second-order valence-electron chi connectivity index (χ2n) is 5.83. The number of urea groups is 1. The summed E-state index contributed by atoms with van der Waals surface area (Å²) >= 11 is 0. The van der Waals surface area contributed by atoms with Crippen LogP contribution in [0.15, 0.2) is 30.3 Å². The van der Waals surface area contributed by atoms with Crippen molar-refractivity contribution >= 4 is 22.0 Å². The molecule has 2 rings (SSSR count). The standard InChI is InChI=1S/C16H23N3O5S/c1-13(14-6-3-2-4-7-14)18-25(22,23)11-5-10-24-12-19-9-8-15(20)17-16(19)21/h2-4,6-7,13,18H,5,8-12H2,1H3,(H,17,20,21)/t13-/m1/s1. The third-order valence-corrected chi connectivity index (χ3v) is 5.29. The number of amides is 3. The van der Waals surface area contributed by atoms with E-state index in [4.69, 9.17) is 4.74 Å². The lowest BCUT2D eigenvalue weighted by Gasteiger charge is -2.26. The highest BCUT2D eigenvalue weighted by molar-refractivity contribution is 7.89. The normalized spacial score (nSPS) is 16.6. The topological polar surface area (TPSA) is 105 Å². The van der Waals surface area contributed by atoms with E-state index in [-0.39, 0.29) is 37.5 Å². The van der Waals surface area contributed by atoms with Gasteiger partial charge in [0, 0.05) is 25.6 Å². The summed E-state index contributed by atoms with van der Waals surface area (Å²) in [4.78, 5) is 23.9. The Bertz CT molecular complexity index is 693. The van der Waals surface area contributed by atoms with Crippen molar-refractivity contribution in [2.24, 2.45) is 0 Å². The summed E-state index contributed by atoms with van der Waals surface area (Å²) in [7, 11) is -3.42. The van der Waals surface area contributed by atoms with Crippen molar-refractivity contribution in [3.05, 3.63) is 35.9 Å². The van der Waals surface area contributed by atoms with Crippen LogP contribution in [0, 0.1) is 0 Å². The number of nitrogens with zero attached hydrogens (tertiary/aromatic N) is 1. The molecule has 0 radical (unpaired) electrons. The first kappa shape index (κ1) is 19.4. The molecule has 1 saturated heterocycles. The van der Waals surface area contributed by atoms with Gasteiger partial charge < -0.3 is 9.64 Å². The van der Waals surface area contributed by atoms with E-state index in [0.717, 1.165) is 5.56 Å². The fourth-order valence-corrected chi connectivity index (χ4v) is 3.68. The average Bonchev–Trinajstić information content (AvgIpc) is 2.56. The van der Waals surface area contributed by atoms with Gasteiger partial charge in [0.15, 0.2) is 0 Å². The minimum absolute atomic E-state index is 0.0347. The van der Waals surface area contributed by atoms with Gasteiger partial charge in [-0.1, -0.05) is 30.3 Å². The lowest BCUT2D eigenvalue weighted by molar-refractivity contribution is -0.122. The first-order valence-corrected chi connectivity index (χ1v) is 9.74. The van der Waals surface area contributed by atoms with Gasteiger partial charge in [-0.2, -0.15) is 0 Å². The van der Waals surface area contributed by atoms with Crippen LogP contribution in [0.25, 0.3) is 0 Å². The van der Waals surface area contributed by atoms with Crippen molar-refractivity contribution < 1.29 is 22.7 Å². The van der Waals surface area contributed by atoms with Crippen LogP contribution in [0.5, 0.6) is 0 Å². The number of benzene rings is 1. The van der Waals surface area contributed by atoms with Gasteiger partial charge in [0.05, 0.1) is 5.75 Å². The molecule has 1 aromatic rings. The molecule has 0 saturated carbocycles. The van der Waals surface area contributed by atoms with E-state index in [1.165, 1.54) is 4.90 Å². The van der Waals surface area contributed by atoms with Crippen molar-refractivity contribution in [1.82, 2.24) is 14.9 Å². The summed E-state index contributed by atoms with van der Waals surface area (Å²) in [6.45, 7) is 2.34. The molecule has 3 amide bonds. The molecule has 1 aliphatic rings. The smallest absolute Gasteiger partial charge is 0.325 e. The summed E-state index contributed by atoms with van der Waals surface area (Å²) in [6, 6.07) is 8.54. The summed E-state index contributed by atoms with van der Waals surface area (Å²) in [6.07, 6.45) is 0.552. The van der Waals surface area contributed by atoms with Crippen molar-refractivity contribution in [3.63, 3.8) is 0 Å². The fraction of sp³-hybridized carbons (Fsp3) is 0.500. The maximum atomic E-state index is 12.1. The molecule has 0 aromatic heterocycles. The minimum atomic E-state index is -3.42. The van der Waals surface area contributed by atoms with E-state index < -0.39 is 16.1 Å². The van der Waals surface area contributed by atoms with Gasteiger partial charge in [-0.3, -0.25) is 10.1 Å². The number of nitrogens with one attached hydrogen (secondary N) is 2. The Hall–Kier alpha value is -1.97. The zero-order valence-electron chi connectivity index (χ0n) is 14.1. The Labute approximate surface area is 147 Å². The van der Waals surface area contributed by atoms with Crippen LogP contribution in [-0.2, 0) is 19.6 Å². The molecule has 8 nitrogen and oxygen atoms in total. The molecule has 0 unspecified atom stereocenters. The van der Waals surface area contributed by atoms with E-state index in [0.29, 0.717) is 13.0 Å². The van der Waals surface area contributed by atoms with E-state index in [2.05, 4.69) is 10.0 Å². The van der Waals surface area contributed by atoms with Gasteiger partial charge in [-0.25, -0.2) is 17.9 Å². The van der Waals surface area contributed by atoms with E-state index >= 15 is 0 Å². The third-order valence-electron chi connectivity index (χ3n) is 3.75. The van der Waals surface area contributed by atoms with E-state index in [1.807, 2.05) is 30.3 Å². The first-order chi connectivity index (χ1) is 11.9. The molecular weight excluding hydrogens is 346 g/mol. The molecule has 138 valence electrons. The Morgan fingerprint density at radius 2 is 2.00 bits per heavy atom. The summed E-state index contributed by atoms with van der Waals surface area (Å²) < 4.78 is 32.1. The van der Waals surface area contributed by atoms with Gasteiger partial charge in [0.1, 0.15) is 6.73 Å². The SMILES string of the molecule is C[C@@H](NS(=O)(=O)CCCOCN1CCC(=O)NC1=O)c1ccccc1. The number of ether oxygens (including phenoxy) is 1.